The van der Waals surface area contributed by atoms with Crippen LogP contribution in [0.4, 0.5) is 0 Å². The minimum atomic E-state index is -0.231. The van der Waals surface area contributed by atoms with E-state index in [0.29, 0.717) is 5.70 Å². The van der Waals surface area contributed by atoms with Crippen LogP contribution in [0.25, 0.3) is 0 Å². The van der Waals surface area contributed by atoms with Crippen LogP contribution in [0.15, 0.2) is 35.6 Å². The quantitative estimate of drug-likeness (QED) is 0.651. The van der Waals surface area contributed by atoms with Gasteiger partial charge in [-0.2, -0.15) is 0 Å². The van der Waals surface area contributed by atoms with Crippen LogP contribution < -0.4 is 5.32 Å². The van der Waals surface area contributed by atoms with Crippen molar-refractivity contribution in [3.8, 4) is 0 Å². The van der Waals surface area contributed by atoms with Gasteiger partial charge >= 0.3 is 0 Å². The Morgan fingerprint density at radius 3 is 2.69 bits per heavy atom. The lowest BCUT2D eigenvalue weighted by Gasteiger charge is -2.08. The molecule has 1 aliphatic carbocycles. The van der Waals surface area contributed by atoms with Gasteiger partial charge in [0.05, 0.1) is 5.70 Å². The summed E-state index contributed by atoms with van der Waals surface area (Å²) in [5.41, 5.74) is 1.26. The van der Waals surface area contributed by atoms with Crippen molar-refractivity contribution < 1.29 is 9.59 Å². The van der Waals surface area contributed by atoms with Gasteiger partial charge in [0.2, 0.25) is 11.7 Å². The monoisotopic (exact) mass is 177 g/mol. The van der Waals surface area contributed by atoms with Crippen LogP contribution in [0.1, 0.15) is 13.8 Å². The van der Waals surface area contributed by atoms with Crippen molar-refractivity contribution in [2.75, 3.05) is 0 Å². The number of allylic oxidation sites excluding steroid dienone is 5. The average Bonchev–Trinajstić information content (AvgIpc) is 2.08. The van der Waals surface area contributed by atoms with Crippen molar-refractivity contribution >= 4 is 11.7 Å². The van der Waals surface area contributed by atoms with Crippen LogP contribution in [0.5, 0.6) is 0 Å². The van der Waals surface area contributed by atoms with Crippen LogP contribution in [-0.4, -0.2) is 11.7 Å². The molecule has 0 radical (unpaired) electrons. The van der Waals surface area contributed by atoms with E-state index in [1.807, 2.05) is 13.0 Å². The van der Waals surface area contributed by atoms with E-state index in [9.17, 15) is 9.59 Å². The summed E-state index contributed by atoms with van der Waals surface area (Å²) in [6.45, 7) is 3.25. The van der Waals surface area contributed by atoms with Gasteiger partial charge in [0.15, 0.2) is 0 Å². The van der Waals surface area contributed by atoms with Crippen molar-refractivity contribution in [3.63, 3.8) is 0 Å². The maximum absolute atomic E-state index is 11.2. The summed E-state index contributed by atoms with van der Waals surface area (Å²) in [5.74, 6) is -0.397. The van der Waals surface area contributed by atoms with E-state index in [-0.39, 0.29) is 11.7 Å². The Labute approximate surface area is 76.8 Å². The second kappa shape index (κ2) is 3.85. The van der Waals surface area contributed by atoms with Crippen molar-refractivity contribution in [2.45, 2.75) is 13.8 Å². The molecule has 3 heteroatoms. The van der Waals surface area contributed by atoms with E-state index < -0.39 is 0 Å². The number of ketones is 1. The zero-order valence-electron chi connectivity index (χ0n) is 7.63. The van der Waals surface area contributed by atoms with Gasteiger partial charge < -0.3 is 5.32 Å². The van der Waals surface area contributed by atoms with Crippen LogP contribution in [0, 0.1) is 0 Å². The third kappa shape index (κ3) is 2.40. The minimum Gasteiger partial charge on any atom is -0.323 e. The first-order valence-corrected chi connectivity index (χ1v) is 4.01. The predicted octanol–water partition coefficient (Wildman–Crippen LogP) is 1.09. The Morgan fingerprint density at radius 1 is 1.46 bits per heavy atom. The molecular weight excluding hydrogens is 166 g/mol. The van der Waals surface area contributed by atoms with E-state index in [2.05, 4.69) is 5.32 Å². The lowest BCUT2D eigenvalue weighted by molar-refractivity contribution is -0.120. The standard InChI is InChI=1S/C10H11NO2/c1-3-8-4-5-10(13)9(6-8)11-7(2)12/h3-6H,1-2H3,(H,11,12)/b8-3-. The third-order valence-electron chi connectivity index (χ3n) is 1.65. The van der Waals surface area contributed by atoms with E-state index in [0.717, 1.165) is 5.57 Å². The average molecular weight is 177 g/mol. The Balaban J connectivity index is 2.88. The van der Waals surface area contributed by atoms with Crippen molar-refractivity contribution in [3.05, 3.63) is 35.6 Å². The summed E-state index contributed by atoms with van der Waals surface area (Å²) in [7, 11) is 0. The van der Waals surface area contributed by atoms with Gasteiger partial charge in [-0.15, -0.1) is 0 Å². The van der Waals surface area contributed by atoms with Gasteiger partial charge in [-0.25, -0.2) is 0 Å². The highest BCUT2D eigenvalue weighted by molar-refractivity contribution is 6.07. The number of carbonyl (C=O) groups is 2. The summed E-state index contributed by atoms with van der Waals surface area (Å²) in [6.07, 6.45) is 6.68. The van der Waals surface area contributed by atoms with Gasteiger partial charge in [-0.05, 0) is 24.6 Å². The molecule has 0 fully saturated rings. The van der Waals surface area contributed by atoms with Gasteiger partial charge in [0, 0.05) is 6.92 Å². The van der Waals surface area contributed by atoms with Crippen LogP contribution in [0.2, 0.25) is 0 Å². The Morgan fingerprint density at radius 2 is 2.15 bits per heavy atom. The topological polar surface area (TPSA) is 46.2 Å². The molecular formula is C10H11NO2. The number of rotatable bonds is 1. The number of nitrogens with one attached hydrogen (secondary N) is 1. The molecule has 0 aromatic rings. The zero-order valence-corrected chi connectivity index (χ0v) is 7.63. The van der Waals surface area contributed by atoms with Gasteiger partial charge in [-0.1, -0.05) is 12.2 Å². The minimum absolute atomic E-state index is 0.166. The molecule has 0 heterocycles. The molecule has 0 spiro atoms. The largest absolute Gasteiger partial charge is 0.323 e. The van der Waals surface area contributed by atoms with E-state index >= 15 is 0 Å². The highest BCUT2D eigenvalue weighted by atomic mass is 16.2. The molecule has 1 N–H and O–H groups in total. The Kier molecular flexibility index (Phi) is 2.80. The van der Waals surface area contributed by atoms with E-state index in [1.165, 1.54) is 13.0 Å². The normalized spacial score (nSPS) is 18.8. The predicted molar refractivity (Wildman–Crippen MR) is 49.8 cm³/mol. The maximum Gasteiger partial charge on any atom is 0.221 e. The molecule has 13 heavy (non-hydrogen) atoms. The third-order valence-corrected chi connectivity index (χ3v) is 1.65. The summed E-state index contributed by atoms with van der Waals surface area (Å²) in [6, 6.07) is 0. The zero-order chi connectivity index (χ0) is 9.84. The fourth-order valence-corrected chi connectivity index (χ4v) is 1.01. The molecule has 0 saturated heterocycles. The van der Waals surface area contributed by atoms with E-state index in [4.69, 9.17) is 0 Å². The molecule has 0 aromatic carbocycles. The smallest absolute Gasteiger partial charge is 0.221 e. The highest BCUT2D eigenvalue weighted by Crippen LogP contribution is 2.10. The molecule has 1 aliphatic rings. The fourth-order valence-electron chi connectivity index (χ4n) is 1.01. The molecule has 0 unspecified atom stereocenters. The van der Waals surface area contributed by atoms with Crippen LogP contribution in [0.3, 0.4) is 0 Å². The van der Waals surface area contributed by atoms with Crippen LogP contribution >= 0.6 is 0 Å². The first-order chi connectivity index (χ1) is 6.13. The SMILES string of the molecule is C/C=C1/C=CC(=O)C(NC(C)=O)=C1. The Hall–Kier alpha value is -1.64. The number of amides is 1. The maximum atomic E-state index is 11.2. The summed E-state index contributed by atoms with van der Waals surface area (Å²) < 4.78 is 0. The summed E-state index contributed by atoms with van der Waals surface area (Å²) in [4.78, 5) is 21.9. The first kappa shape index (κ1) is 9.45. The molecule has 0 saturated carbocycles. The number of hydrogen-bond donors (Lipinski definition) is 1. The Bertz CT molecular complexity index is 335. The second-order valence-electron chi connectivity index (χ2n) is 2.73. The fraction of sp³-hybridized carbons (Fsp3) is 0.200. The van der Waals surface area contributed by atoms with Crippen molar-refractivity contribution in [1.29, 1.82) is 0 Å². The number of carbonyl (C=O) groups excluding carboxylic acids is 2. The van der Waals surface area contributed by atoms with Crippen LogP contribution in [-0.2, 0) is 9.59 Å². The first-order valence-electron chi connectivity index (χ1n) is 4.01. The molecule has 68 valence electrons. The van der Waals surface area contributed by atoms with Crippen molar-refractivity contribution in [1.82, 2.24) is 5.32 Å². The van der Waals surface area contributed by atoms with Gasteiger partial charge in [0.25, 0.3) is 0 Å². The molecule has 0 aromatic heterocycles. The lowest BCUT2D eigenvalue weighted by Crippen LogP contribution is -2.25. The van der Waals surface area contributed by atoms with Crippen molar-refractivity contribution in [2.24, 2.45) is 0 Å². The van der Waals surface area contributed by atoms with E-state index in [1.54, 1.807) is 12.2 Å². The summed E-state index contributed by atoms with van der Waals surface area (Å²) in [5, 5.41) is 2.48. The highest BCUT2D eigenvalue weighted by Gasteiger charge is 2.11. The molecule has 1 amide bonds. The molecule has 0 atom stereocenters. The van der Waals surface area contributed by atoms with Gasteiger partial charge in [0.1, 0.15) is 0 Å². The molecule has 0 aliphatic heterocycles. The lowest BCUT2D eigenvalue weighted by atomic mass is 10.1. The molecule has 1 rings (SSSR count). The second-order valence-corrected chi connectivity index (χ2v) is 2.73. The number of hydrogen-bond acceptors (Lipinski definition) is 2. The summed E-state index contributed by atoms with van der Waals surface area (Å²) >= 11 is 0. The molecule has 0 bridgehead atoms. The van der Waals surface area contributed by atoms with Gasteiger partial charge in [-0.3, -0.25) is 9.59 Å². The molecule has 3 nitrogen and oxygen atoms in total.